The zero-order valence-corrected chi connectivity index (χ0v) is 15.8. The number of methoxy groups -OCH3 is 2. The number of nitrogens with one attached hydrogen (secondary N) is 1. The van der Waals surface area contributed by atoms with Gasteiger partial charge >= 0.3 is 0 Å². The maximum Gasteiger partial charge on any atom is 0.163 e. The van der Waals surface area contributed by atoms with E-state index < -0.39 is 0 Å². The van der Waals surface area contributed by atoms with Crippen molar-refractivity contribution in [3.8, 4) is 11.5 Å². The molecule has 0 amide bonds. The van der Waals surface area contributed by atoms with Crippen molar-refractivity contribution in [3.63, 3.8) is 0 Å². The van der Waals surface area contributed by atoms with E-state index in [4.69, 9.17) is 21.7 Å². The number of hydrogen-bond acceptors (Lipinski definition) is 5. The van der Waals surface area contributed by atoms with Gasteiger partial charge in [0.1, 0.15) is 5.82 Å². The van der Waals surface area contributed by atoms with Crippen LogP contribution in [0, 0.1) is 6.92 Å². The standard InChI is InChI=1S/C19H21N3O2S/c1-11-7-6-8-14(22(2)3)17(11)18(25)19-20-12-9-15(23-4)16(24-5)10-13(12)21-19/h6-10H,1-5H3,(H,20,21). The maximum atomic E-state index is 5.76. The van der Waals surface area contributed by atoms with Gasteiger partial charge in [0.15, 0.2) is 11.5 Å². The summed E-state index contributed by atoms with van der Waals surface area (Å²) in [5.41, 5.74) is 4.85. The van der Waals surface area contributed by atoms with Gasteiger partial charge in [-0.3, -0.25) is 0 Å². The van der Waals surface area contributed by atoms with Crippen molar-refractivity contribution in [2.45, 2.75) is 6.92 Å². The predicted molar refractivity (Wildman–Crippen MR) is 106 cm³/mol. The molecule has 5 nitrogen and oxygen atoms in total. The number of fused-ring (bicyclic) bond motifs is 1. The quantitative estimate of drug-likeness (QED) is 0.558. The third-order valence-electron chi connectivity index (χ3n) is 4.16. The molecule has 130 valence electrons. The van der Waals surface area contributed by atoms with E-state index in [1.165, 1.54) is 0 Å². The second-order valence-corrected chi connectivity index (χ2v) is 6.41. The van der Waals surface area contributed by atoms with Crippen molar-refractivity contribution >= 4 is 33.8 Å². The molecule has 1 heterocycles. The zero-order valence-electron chi connectivity index (χ0n) is 15.0. The smallest absolute Gasteiger partial charge is 0.163 e. The minimum atomic E-state index is 0.642. The summed E-state index contributed by atoms with van der Waals surface area (Å²) in [6, 6.07) is 9.87. The fraction of sp³-hybridized carbons (Fsp3) is 0.263. The summed E-state index contributed by atoms with van der Waals surface area (Å²) in [5.74, 6) is 1.96. The normalized spacial score (nSPS) is 10.8. The number of aryl methyl sites for hydroxylation is 1. The lowest BCUT2D eigenvalue weighted by molar-refractivity contribution is 0.356. The molecule has 0 unspecified atom stereocenters. The van der Waals surface area contributed by atoms with Crippen LogP contribution < -0.4 is 14.4 Å². The van der Waals surface area contributed by atoms with Crippen molar-refractivity contribution in [1.29, 1.82) is 0 Å². The second kappa shape index (κ2) is 6.72. The Balaban J connectivity index is 2.13. The first-order valence-corrected chi connectivity index (χ1v) is 8.30. The summed E-state index contributed by atoms with van der Waals surface area (Å²) < 4.78 is 10.7. The van der Waals surface area contributed by atoms with E-state index in [1.807, 2.05) is 32.3 Å². The molecule has 0 aliphatic rings. The highest BCUT2D eigenvalue weighted by Gasteiger charge is 2.18. The Morgan fingerprint density at radius 1 is 1.12 bits per heavy atom. The summed E-state index contributed by atoms with van der Waals surface area (Å²) in [6.07, 6.45) is 0. The number of aromatic amines is 1. The van der Waals surface area contributed by atoms with Crippen LogP contribution in [0.15, 0.2) is 30.3 Å². The van der Waals surface area contributed by atoms with Crippen molar-refractivity contribution in [2.75, 3.05) is 33.2 Å². The van der Waals surface area contributed by atoms with Crippen LogP contribution in [0.25, 0.3) is 11.0 Å². The molecule has 2 aromatic carbocycles. The van der Waals surface area contributed by atoms with E-state index in [2.05, 4.69) is 33.9 Å². The van der Waals surface area contributed by atoms with Crippen LogP contribution in [0.3, 0.4) is 0 Å². The molecule has 6 heteroatoms. The molecule has 0 spiro atoms. The molecule has 0 fully saturated rings. The highest BCUT2D eigenvalue weighted by Crippen LogP contribution is 2.32. The summed E-state index contributed by atoms with van der Waals surface area (Å²) >= 11 is 5.76. The number of thiocarbonyl (C=S) groups is 1. The Morgan fingerprint density at radius 2 is 1.80 bits per heavy atom. The average Bonchev–Trinajstić information content (AvgIpc) is 3.02. The van der Waals surface area contributed by atoms with Crippen LogP contribution in [0.1, 0.15) is 17.0 Å². The molecular formula is C19H21N3O2S. The number of H-pyrrole nitrogens is 1. The van der Waals surface area contributed by atoms with Gasteiger partial charge in [0.25, 0.3) is 0 Å². The van der Waals surface area contributed by atoms with Gasteiger partial charge in [-0.25, -0.2) is 4.98 Å². The van der Waals surface area contributed by atoms with Crippen LogP contribution >= 0.6 is 12.2 Å². The van der Waals surface area contributed by atoms with Gasteiger partial charge in [-0.05, 0) is 18.6 Å². The number of anilines is 1. The molecule has 0 atom stereocenters. The molecule has 0 aliphatic heterocycles. The average molecular weight is 355 g/mol. The summed E-state index contributed by atoms with van der Waals surface area (Å²) in [7, 11) is 7.24. The van der Waals surface area contributed by atoms with E-state index in [1.54, 1.807) is 14.2 Å². The number of benzene rings is 2. The molecule has 0 bridgehead atoms. The first kappa shape index (κ1) is 17.2. The largest absolute Gasteiger partial charge is 0.493 e. The molecule has 3 aromatic rings. The lowest BCUT2D eigenvalue weighted by atomic mass is 10.0. The monoisotopic (exact) mass is 355 g/mol. The zero-order chi connectivity index (χ0) is 18.1. The number of ether oxygens (including phenoxy) is 2. The SMILES string of the molecule is COc1cc2nc(C(=S)c3c(C)cccc3N(C)C)[nH]c2cc1OC. The molecular weight excluding hydrogens is 334 g/mol. The predicted octanol–water partition coefficient (Wildman–Crippen LogP) is 3.72. The van der Waals surface area contributed by atoms with Crippen LogP contribution in [0.2, 0.25) is 0 Å². The second-order valence-electron chi connectivity index (χ2n) is 6.00. The molecule has 1 aromatic heterocycles. The molecule has 0 aliphatic carbocycles. The third kappa shape index (κ3) is 3.05. The summed E-state index contributed by atoms with van der Waals surface area (Å²) in [6.45, 7) is 2.06. The number of aromatic nitrogens is 2. The Hall–Kier alpha value is -2.60. The fourth-order valence-electron chi connectivity index (χ4n) is 2.88. The Morgan fingerprint density at radius 3 is 2.44 bits per heavy atom. The van der Waals surface area contributed by atoms with Crippen LogP contribution in [-0.2, 0) is 0 Å². The van der Waals surface area contributed by atoms with Crippen LogP contribution in [0.5, 0.6) is 11.5 Å². The Labute approximate surface area is 152 Å². The number of rotatable bonds is 5. The van der Waals surface area contributed by atoms with Gasteiger partial charge in [0.2, 0.25) is 0 Å². The maximum absolute atomic E-state index is 5.76. The molecule has 0 saturated carbocycles. The highest BCUT2D eigenvalue weighted by atomic mass is 32.1. The Bertz CT molecular complexity index is 906. The Kier molecular flexibility index (Phi) is 4.63. The lowest BCUT2D eigenvalue weighted by Gasteiger charge is -2.19. The van der Waals surface area contributed by atoms with Crippen molar-refractivity contribution in [3.05, 3.63) is 47.3 Å². The molecule has 0 saturated heterocycles. The number of imidazole rings is 1. The molecule has 25 heavy (non-hydrogen) atoms. The summed E-state index contributed by atoms with van der Waals surface area (Å²) in [4.78, 5) is 10.7. The van der Waals surface area contributed by atoms with Gasteiger partial charge in [-0.1, -0.05) is 24.4 Å². The van der Waals surface area contributed by atoms with Crippen molar-refractivity contribution in [1.82, 2.24) is 9.97 Å². The first-order chi connectivity index (χ1) is 12.0. The van der Waals surface area contributed by atoms with Gasteiger partial charge in [0, 0.05) is 37.5 Å². The minimum absolute atomic E-state index is 0.642. The van der Waals surface area contributed by atoms with Gasteiger partial charge in [0.05, 0.1) is 30.1 Å². The van der Waals surface area contributed by atoms with Gasteiger partial charge in [-0.15, -0.1) is 0 Å². The first-order valence-electron chi connectivity index (χ1n) is 7.89. The highest BCUT2D eigenvalue weighted by molar-refractivity contribution is 7.81. The lowest BCUT2D eigenvalue weighted by Crippen LogP contribution is -2.15. The number of nitrogens with zero attached hydrogens (tertiary/aromatic N) is 2. The fourth-order valence-corrected chi connectivity index (χ4v) is 3.25. The summed E-state index contributed by atoms with van der Waals surface area (Å²) in [5, 5.41) is 0. The van der Waals surface area contributed by atoms with E-state index in [-0.39, 0.29) is 0 Å². The third-order valence-corrected chi connectivity index (χ3v) is 4.56. The minimum Gasteiger partial charge on any atom is -0.493 e. The van der Waals surface area contributed by atoms with Crippen LogP contribution in [-0.4, -0.2) is 43.1 Å². The van der Waals surface area contributed by atoms with Crippen molar-refractivity contribution in [2.24, 2.45) is 0 Å². The van der Waals surface area contributed by atoms with E-state index in [0.29, 0.717) is 22.2 Å². The van der Waals surface area contributed by atoms with Gasteiger partial charge in [-0.2, -0.15) is 0 Å². The number of hydrogen-bond donors (Lipinski definition) is 1. The van der Waals surface area contributed by atoms with E-state index in [0.717, 1.165) is 27.8 Å². The van der Waals surface area contributed by atoms with E-state index >= 15 is 0 Å². The van der Waals surface area contributed by atoms with Gasteiger partial charge < -0.3 is 19.4 Å². The molecule has 0 radical (unpaired) electrons. The molecule has 3 rings (SSSR count). The topological polar surface area (TPSA) is 50.4 Å². The van der Waals surface area contributed by atoms with Crippen molar-refractivity contribution < 1.29 is 9.47 Å². The van der Waals surface area contributed by atoms with Crippen LogP contribution in [0.4, 0.5) is 5.69 Å². The van der Waals surface area contributed by atoms with E-state index in [9.17, 15) is 0 Å². The molecule has 1 N–H and O–H groups in total.